The Morgan fingerprint density at radius 2 is 1.93 bits per heavy atom. The van der Waals surface area contributed by atoms with E-state index in [-0.39, 0.29) is 30.8 Å². The van der Waals surface area contributed by atoms with Crippen molar-refractivity contribution in [2.24, 2.45) is 0 Å². The van der Waals surface area contributed by atoms with Crippen LogP contribution in [0.4, 0.5) is 0 Å². The molecule has 27 heavy (non-hydrogen) atoms. The Morgan fingerprint density at radius 3 is 2.70 bits per heavy atom. The van der Waals surface area contributed by atoms with E-state index in [4.69, 9.17) is 9.84 Å². The molecule has 0 bridgehead atoms. The molecular weight excluding hydrogens is 387 g/mol. The number of hydrogen-bond acceptors (Lipinski definition) is 5. The van der Waals surface area contributed by atoms with Crippen LogP contribution in [-0.2, 0) is 30.0 Å². The summed E-state index contributed by atoms with van der Waals surface area (Å²) < 4.78 is 7.95. The molecule has 1 fully saturated rings. The molecule has 1 spiro atoms. The van der Waals surface area contributed by atoms with E-state index in [1.807, 2.05) is 24.3 Å². The van der Waals surface area contributed by atoms with Gasteiger partial charge in [-0.1, -0.05) is 18.2 Å². The molecule has 0 saturated carbocycles. The number of ether oxygens (including phenoxy) is 1. The molecule has 0 amide bonds. The summed E-state index contributed by atoms with van der Waals surface area (Å²) in [5, 5.41) is 8.11. The van der Waals surface area contributed by atoms with Gasteiger partial charge in [-0.3, -0.25) is 9.58 Å². The molecular formula is C19H24Cl2N4O2. The van der Waals surface area contributed by atoms with Crippen molar-refractivity contribution in [1.82, 2.24) is 20.0 Å². The van der Waals surface area contributed by atoms with Crippen LogP contribution in [0, 0.1) is 0 Å². The number of hydrogen-bond donors (Lipinski definition) is 1. The van der Waals surface area contributed by atoms with Crippen LogP contribution < -0.4 is 5.32 Å². The monoisotopic (exact) mass is 410 g/mol. The first-order valence-electron chi connectivity index (χ1n) is 9.05. The average molecular weight is 411 g/mol. The quantitative estimate of drug-likeness (QED) is 0.770. The van der Waals surface area contributed by atoms with Crippen molar-refractivity contribution in [1.29, 1.82) is 0 Å². The van der Waals surface area contributed by atoms with Gasteiger partial charge < -0.3 is 10.1 Å². The van der Waals surface area contributed by atoms with Crippen molar-refractivity contribution in [3.8, 4) is 0 Å². The Kier molecular flexibility index (Phi) is 5.82. The highest BCUT2D eigenvalue weighted by Crippen LogP contribution is 2.44. The number of benzene rings is 1. The van der Waals surface area contributed by atoms with Gasteiger partial charge in [0.05, 0.1) is 23.5 Å². The molecule has 146 valence electrons. The number of esters is 1. The summed E-state index contributed by atoms with van der Waals surface area (Å²) in [4.78, 5) is 14.6. The van der Waals surface area contributed by atoms with Crippen molar-refractivity contribution in [2.75, 3.05) is 19.6 Å². The van der Waals surface area contributed by atoms with Gasteiger partial charge in [0.2, 0.25) is 0 Å². The molecule has 3 aliphatic heterocycles. The SMILES string of the molecule is Cl.Cl.O=C1OC2(CCN(Cc3cc4n(n3)CCNC4)CC2)c2ccccc21. The Hall–Kier alpha value is -1.60. The third kappa shape index (κ3) is 3.47. The molecule has 5 rings (SSSR count). The molecule has 4 heterocycles. The van der Waals surface area contributed by atoms with E-state index in [0.717, 1.165) is 68.9 Å². The Labute approximate surface area is 171 Å². The molecule has 3 aliphatic rings. The van der Waals surface area contributed by atoms with E-state index < -0.39 is 5.60 Å². The topological polar surface area (TPSA) is 59.4 Å². The summed E-state index contributed by atoms with van der Waals surface area (Å²) >= 11 is 0. The highest BCUT2D eigenvalue weighted by molar-refractivity contribution is 5.94. The summed E-state index contributed by atoms with van der Waals surface area (Å²) in [7, 11) is 0. The van der Waals surface area contributed by atoms with Gasteiger partial charge in [0.25, 0.3) is 0 Å². The van der Waals surface area contributed by atoms with Crippen molar-refractivity contribution in [3.05, 3.63) is 52.8 Å². The minimum Gasteiger partial charge on any atom is -0.450 e. The van der Waals surface area contributed by atoms with Crippen molar-refractivity contribution < 1.29 is 9.53 Å². The van der Waals surface area contributed by atoms with Gasteiger partial charge in [0, 0.05) is 51.1 Å². The summed E-state index contributed by atoms with van der Waals surface area (Å²) in [5.41, 5.74) is 3.81. The van der Waals surface area contributed by atoms with Gasteiger partial charge in [0.15, 0.2) is 0 Å². The van der Waals surface area contributed by atoms with Crippen molar-refractivity contribution in [3.63, 3.8) is 0 Å². The summed E-state index contributed by atoms with van der Waals surface area (Å²) in [6.07, 6.45) is 1.70. The number of carbonyl (C=O) groups excluding carboxylic acids is 1. The summed E-state index contributed by atoms with van der Waals surface area (Å²) in [5.74, 6) is -0.168. The zero-order valence-corrected chi connectivity index (χ0v) is 16.7. The number of halogens is 2. The average Bonchev–Trinajstić information content (AvgIpc) is 3.17. The predicted molar refractivity (Wildman–Crippen MR) is 106 cm³/mol. The van der Waals surface area contributed by atoms with E-state index in [0.29, 0.717) is 0 Å². The molecule has 2 aromatic rings. The molecule has 1 aromatic carbocycles. The molecule has 0 aliphatic carbocycles. The summed E-state index contributed by atoms with van der Waals surface area (Å²) in [6.45, 7) is 5.55. The number of carbonyl (C=O) groups is 1. The highest BCUT2D eigenvalue weighted by atomic mass is 35.5. The maximum atomic E-state index is 12.2. The fraction of sp³-hybridized carbons (Fsp3) is 0.474. The minimum atomic E-state index is -0.415. The van der Waals surface area contributed by atoms with Gasteiger partial charge >= 0.3 is 5.97 Å². The zero-order chi connectivity index (χ0) is 16.9. The lowest BCUT2D eigenvalue weighted by molar-refractivity contribution is -0.0442. The van der Waals surface area contributed by atoms with Crippen LogP contribution >= 0.6 is 24.8 Å². The second-order valence-electron chi connectivity index (χ2n) is 7.23. The number of rotatable bonds is 2. The second-order valence-corrected chi connectivity index (χ2v) is 7.23. The van der Waals surface area contributed by atoms with Gasteiger partial charge in [-0.05, 0) is 12.1 Å². The molecule has 1 N–H and O–H groups in total. The molecule has 0 unspecified atom stereocenters. The zero-order valence-electron chi connectivity index (χ0n) is 15.0. The maximum Gasteiger partial charge on any atom is 0.339 e. The maximum absolute atomic E-state index is 12.2. The highest BCUT2D eigenvalue weighted by Gasteiger charge is 2.47. The smallest absolute Gasteiger partial charge is 0.339 e. The number of nitrogens with zero attached hydrogens (tertiary/aromatic N) is 3. The van der Waals surface area contributed by atoms with E-state index in [2.05, 4.69) is 21.0 Å². The summed E-state index contributed by atoms with van der Waals surface area (Å²) in [6, 6.07) is 10.0. The number of piperidine rings is 1. The predicted octanol–water partition coefficient (Wildman–Crippen LogP) is 2.49. The fourth-order valence-corrected chi connectivity index (χ4v) is 4.35. The van der Waals surface area contributed by atoms with Gasteiger partial charge in [0.1, 0.15) is 5.60 Å². The standard InChI is InChI=1S/C19H22N4O2.2ClH/c24-18-16-3-1-2-4-17(16)19(25-18)5-8-22(9-6-19)13-14-11-15-12-20-7-10-23(15)21-14;;/h1-4,11,20H,5-10,12-13H2;2*1H. The lowest BCUT2D eigenvalue weighted by Gasteiger charge is -2.38. The van der Waals surface area contributed by atoms with Crippen LogP contribution in [0.1, 0.15) is 40.2 Å². The lowest BCUT2D eigenvalue weighted by Crippen LogP contribution is -2.42. The van der Waals surface area contributed by atoms with Gasteiger partial charge in [-0.15, -0.1) is 24.8 Å². The Bertz CT molecular complexity index is 807. The van der Waals surface area contributed by atoms with Crippen molar-refractivity contribution >= 4 is 30.8 Å². The van der Waals surface area contributed by atoms with Crippen LogP contribution in [-0.4, -0.2) is 40.3 Å². The Morgan fingerprint density at radius 1 is 1.15 bits per heavy atom. The fourth-order valence-electron chi connectivity index (χ4n) is 4.35. The molecule has 6 nitrogen and oxygen atoms in total. The molecule has 1 saturated heterocycles. The third-order valence-electron chi connectivity index (χ3n) is 5.70. The molecule has 1 aromatic heterocycles. The first kappa shape index (κ1) is 20.1. The molecule has 8 heteroatoms. The van der Waals surface area contributed by atoms with Crippen LogP contribution in [0.25, 0.3) is 0 Å². The van der Waals surface area contributed by atoms with Gasteiger partial charge in [-0.2, -0.15) is 5.10 Å². The lowest BCUT2D eigenvalue weighted by atomic mass is 9.84. The Balaban J connectivity index is 0.00000105. The molecule has 0 radical (unpaired) electrons. The molecule has 0 atom stereocenters. The number of fused-ring (bicyclic) bond motifs is 3. The number of nitrogens with one attached hydrogen (secondary N) is 1. The van der Waals surface area contributed by atoms with Crippen LogP contribution in [0.2, 0.25) is 0 Å². The third-order valence-corrected chi connectivity index (χ3v) is 5.70. The van der Waals surface area contributed by atoms with E-state index >= 15 is 0 Å². The number of aromatic nitrogens is 2. The largest absolute Gasteiger partial charge is 0.450 e. The first-order valence-corrected chi connectivity index (χ1v) is 9.05. The van der Waals surface area contributed by atoms with Crippen LogP contribution in [0.5, 0.6) is 0 Å². The van der Waals surface area contributed by atoms with Gasteiger partial charge in [-0.25, -0.2) is 4.79 Å². The van der Waals surface area contributed by atoms with E-state index in [1.54, 1.807) is 0 Å². The number of likely N-dealkylation sites (tertiary alicyclic amines) is 1. The normalized spacial score (nSPS) is 20.2. The first-order chi connectivity index (χ1) is 12.2. The minimum absolute atomic E-state index is 0. The van der Waals surface area contributed by atoms with Crippen LogP contribution in [0.15, 0.2) is 30.3 Å². The second kappa shape index (κ2) is 7.80. The van der Waals surface area contributed by atoms with Crippen molar-refractivity contribution in [2.45, 2.75) is 38.1 Å². The van der Waals surface area contributed by atoms with E-state index in [9.17, 15) is 4.79 Å². The van der Waals surface area contributed by atoms with Crippen LogP contribution in [0.3, 0.4) is 0 Å². The van der Waals surface area contributed by atoms with E-state index in [1.165, 1.54) is 5.69 Å².